The van der Waals surface area contributed by atoms with Crippen molar-refractivity contribution in [2.45, 2.75) is 18.9 Å². The molecule has 1 heterocycles. The van der Waals surface area contributed by atoms with Crippen LogP contribution in [0.2, 0.25) is 0 Å². The number of phenols is 1. The molecule has 108 valence electrons. The first kappa shape index (κ1) is 14.3. The summed E-state index contributed by atoms with van der Waals surface area (Å²) in [7, 11) is 0. The summed E-state index contributed by atoms with van der Waals surface area (Å²) in [5.74, 6) is -1.74. The number of benzene rings is 1. The fourth-order valence-corrected chi connectivity index (χ4v) is 2.19. The van der Waals surface area contributed by atoms with Gasteiger partial charge in [0, 0.05) is 6.42 Å². The van der Waals surface area contributed by atoms with E-state index in [9.17, 15) is 14.7 Å². The van der Waals surface area contributed by atoms with E-state index in [2.05, 4.69) is 5.32 Å². The molecule has 3 N–H and O–H groups in total. The normalized spacial score (nSPS) is 21.6. The van der Waals surface area contributed by atoms with Crippen molar-refractivity contribution in [2.75, 3.05) is 13.2 Å². The molecule has 1 fully saturated rings. The van der Waals surface area contributed by atoms with Crippen molar-refractivity contribution < 1.29 is 24.5 Å². The highest BCUT2D eigenvalue weighted by Gasteiger charge is 2.34. The van der Waals surface area contributed by atoms with E-state index in [1.54, 1.807) is 24.3 Å². The molecule has 6 nitrogen and oxygen atoms in total. The molecule has 0 aliphatic carbocycles. The first-order valence-electron chi connectivity index (χ1n) is 6.44. The smallest absolute Gasteiger partial charge is 0.311 e. The summed E-state index contributed by atoms with van der Waals surface area (Å²) >= 11 is 0. The number of nitrogens with one attached hydrogen (secondary N) is 1. The van der Waals surface area contributed by atoms with Crippen LogP contribution in [0.25, 0.3) is 0 Å². The number of hydrogen-bond acceptors (Lipinski definition) is 4. The fourth-order valence-electron chi connectivity index (χ4n) is 2.19. The second-order valence-corrected chi connectivity index (χ2v) is 4.78. The molecule has 0 spiro atoms. The van der Waals surface area contributed by atoms with Gasteiger partial charge < -0.3 is 20.3 Å². The monoisotopic (exact) mass is 279 g/mol. The van der Waals surface area contributed by atoms with E-state index in [1.807, 2.05) is 0 Å². The second kappa shape index (κ2) is 6.38. The summed E-state index contributed by atoms with van der Waals surface area (Å²) in [6.45, 7) is 0.346. The minimum Gasteiger partial charge on any atom is -0.508 e. The Morgan fingerprint density at radius 1 is 1.30 bits per heavy atom. The zero-order chi connectivity index (χ0) is 14.5. The van der Waals surface area contributed by atoms with Crippen molar-refractivity contribution in [1.29, 1.82) is 0 Å². The molecule has 0 bridgehead atoms. The SMILES string of the molecule is O=C(CCc1ccccc1O)NC1COCC1C(=O)O. The minimum absolute atomic E-state index is 0.125. The molecule has 1 aliphatic heterocycles. The molecule has 1 amide bonds. The van der Waals surface area contributed by atoms with E-state index in [0.29, 0.717) is 12.0 Å². The summed E-state index contributed by atoms with van der Waals surface area (Å²) in [5.41, 5.74) is 0.695. The second-order valence-electron chi connectivity index (χ2n) is 4.78. The quantitative estimate of drug-likeness (QED) is 0.731. The lowest BCUT2D eigenvalue weighted by Crippen LogP contribution is -2.42. The van der Waals surface area contributed by atoms with Crippen LogP contribution >= 0.6 is 0 Å². The van der Waals surface area contributed by atoms with Gasteiger partial charge in [0.05, 0.1) is 19.3 Å². The number of carboxylic acid groups (broad SMARTS) is 1. The van der Waals surface area contributed by atoms with Crippen LogP contribution in [0.5, 0.6) is 5.75 Å². The molecule has 0 radical (unpaired) electrons. The lowest BCUT2D eigenvalue weighted by atomic mass is 10.0. The molecule has 2 rings (SSSR count). The molecule has 1 aromatic rings. The number of hydrogen-bond donors (Lipinski definition) is 3. The average molecular weight is 279 g/mol. The van der Waals surface area contributed by atoms with Crippen molar-refractivity contribution in [3.05, 3.63) is 29.8 Å². The van der Waals surface area contributed by atoms with Gasteiger partial charge in [0.2, 0.25) is 5.91 Å². The standard InChI is InChI=1S/C14H17NO5/c16-12-4-2-1-3-9(12)5-6-13(17)15-11-8-20-7-10(11)14(18)19/h1-4,10-11,16H,5-8H2,(H,15,17)(H,18,19). The van der Waals surface area contributed by atoms with Crippen molar-refractivity contribution >= 4 is 11.9 Å². The van der Waals surface area contributed by atoms with E-state index < -0.39 is 17.9 Å². The van der Waals surface area contributed by atoms with Crippen LogP contribution < -0.4 is 5.32 Å². The molecule has 1 aliphatic rings. The van der Waals surface area contributed by atoms with Gasteiger partial charge in [0.25, 0.3) is 0 Å². The van der Waals surface area contributed by atoms with Crippen LogP contribution in [0.4, 0.5) is 0 Å². The van der Waals surface area contributed by atoms with Gasteiger partial charge in [-0.05, 0) is 18.1 Å². The Bertz CT molecular complexity index is 502. The number of carbonyl (C=O) groups excluding carboxylic acids is 1. The molecule has 2 atom stereocenters. The molecular weight excluding hydrogens is 262 g/mol. The number of aliphatic carboxylic acids is 1. The molecule has 1 saturated heterocycles. The molecule has 2 unspecified atom stereocenters. The lowest BCUT2D eigenvalue weighted by molar-refractivity contribution is -0.142. The van der Waals surface area contributed by atoms with Gasteiger partial charge >= 0.3 is 5.97 Å². The van der Waals surface area contributed by atoms with Crippen molar-refractivity contribution in [2.24, 2.45) is 5.92 Å². The number of carbonyl (C=O) groups is 2. The van der Waals surface area contributed by atoms with Gasteiger partial charge in [-0.2, -0.15) is 0 Å². The van der Waals surface area contributed by atoms with Crippen molar-refractivity contribution in [1.82, 2.24) is 5.32 Å². The Balaban J connectivity index is 1.84. The van der Waals surface area contributed by atoms with E-state index in [-0.39, 0.29) is 31.3 Å². The van der Waals surface area contributed by atoms with Crippen LogP contribution in [0.15, 0.2) is 24.3 Å². The summed E-state index contributed by atoms with van der Waals surface area (Å²) in [5, 5.41) is 21.2. The van der Waals surface area contributed by atoms with Gasteiger partial charge in [-0.1, -0.05) is 18.2 Å². The number of ether oxygens (including phenoxy) is 1. The molecular formula is C14H17NO5. The fraction of sp³-hybridized carbons (Fsp3) is 0.429. The molecule has 0 aromatic heterocycles. The average Bonchev–Trinajstić information content (AvgIpc) is 2.86. The number of phenolic OH excluding ortho intramolecular Hbond substituents is 1. The summed E-state index contributed by atoms with van der Waals surface area (Å²) < 4.78 is 5.08. The molecule has 0 saturated carbocycles. The van der Waals surface area contributed by atoms with Gasteiger partial charge in [0.1, 0.15) is 11.7 Å². The zero-order valence-electron chi connectivity index (χ0n) is 10.9. The number of aryl methyl sites for hydroxylation is 1. The number of aromatic hydroxyl groups is 1. The third-order valence-electron chi connectivity index (χ3n) is 3.36. The van der Waals surface area contributed by atoms with E-state index in [4.69, 9.17) is 9.84 Å². The van der Waals surface area contributed by atoms with Crippen LogP contribution in [0.1, 0.15) is 12.0 Å². The first-order valence-corrected chi connectivity index (χ1v) is 6.44. The molecule has 1 aromatic carbocycles. The summed E-state index contributed by atoms with van der Waals surface area (Å²) in [6.07, 6.45) is 0.601. The van der Waals surface area contributed by atoms with Crippen LogP contribution in [0.3, 0.4) is 0 Å². The molecule has 6 heteroatoms. The van der Waals surface area contributed by atoms with Gasteiger partial charge in [0.15, 0.2) is 0 Å². The Morgan fingerprint density at radius 3 is 2.75 bits per heavy atom. The largest absolute Gasteiger partial charge is 0.508 e. The minimum atomic E-state index is -0.964. The number of para-hydroxylation sites is 1. The molecule has 20 heavy (non-hydrogen) atoms. The number of carboxylic acids is 1. The van der Waals surface area contributed by atoms with Gasteiger partial charge in [-0.3, -0.25) is 9.59 Å². The van der Waals surface area contributed by atoms with E-state index in [1.165, 1.54) is 0 Å². The Hall–Kier alpha value is -2.08. The van der Waals surface area contributed by atoms with Crippen molar-refractivity contribution in [3.8, 4) is 5.75 Å². The highest BCUT2D eigenvalue weighted by atomic mass is 16.5. The Morgan fingerprint density at radius 2 is 2.05 bits per heavy atom. The number of amides is 1. The van der Waals surface area contributed by atoms with Crippen LogP contribution in [-0.4, -0.2) is 41.3 Å². The van der Waals surface area contributed by atoms with Gasteiger partial charge in [-0.15, -0.1) is 0 Å². The third-order valence-corrected chi connectivity index (χ3v) is 3.36. The first-order chi connectivity index (χ1) is 9.58. The predicted octanol–water partition coefficient (Wildman–Crippen LogP) is 0.541. The summed E-state index contributed by atoms with van der Waals surface area (Å²) in [6, 6.07) is 6.34. The maximum absolute atomic E-state index is 11.8. The maximum atomic E-state index is 11.8. The maximum Gasteiger partial charge on any atom is 0.311 e. The van der Waals surface area contributed by atoms with Gasteiger partial charge in [-0.25, -0.2) is 0 Å². The van der Waals surface area contributed by atoms with E-state index in [0.717, 1.165) is 0 Å². The zero-order valence-corrected chi connectivity index (χ0v) is 10.9. The third kappa shape index (κ3) is 3.48. The topological polar surface area (TPSA) is 95.9 Å². The highest BCUT2D eigenvalue weighted by molar-refractivity contribution is 5.78. The predicted molar refractivity (Wildman–Crippen MR) is 70.3 cm³/mol. The summed E-state index contributed by atoms with van der Waals surface area (Å²) in [4.78, 5) is 22.8. The highest BCUT2D eigenvalue weighted by Crippen LogP contribution is 2.18. The van der Waals surface area contributed by atoms with Crippen molar-refractivity contribution in [3.63, 3.8) is 0 Å². The Labute approximate surface area is 116 Å². The lowest BCUT2D eigenvalue weighted by Gasteiger charge is -2.15. The van der Waals surface area contributed by atoms with Crippen LogP contribution in [0, 0.1) is 5.92 Å². The number of rotatable bonds is 5. The van der Waals surface area contributed by atoms with Crippen LogP contribution in [-0.2, 0) is 20.7 Å². The van der Waals surface area contributed by atoms with E-state index >= 15 is 0 Å². The Kier molecular flexibility index (Phi) is 4.57.